The van der Waals surface area contributed by atoms with Crippen LogP contribution in [-0.4, -0.2) is 23.7 Å². The summed E-state index contributed by atoms with van der Waals surface area (Å²) >= 11 is 0. The number of nitrogens with one attached hydrogen (secondary N) is 1. The molecule has 3 aromatic heterocycles. The maximum atomic E-state index is 12.9. The maximum absolute atomic E-state index is 12.9. The molecule has 7 nitrogen and oxygen atoms in total. The van der Waals surface area contributed by atoms with E-state index in [4.69, 9.17) is 0 Å². The molecular formula is C17H17N5O2. The third kappa shape index (κ3) is 2.09. The van der Waals surface area contributed by atoms with Gasteiger partial charge in [0, 0.05) is 18.9 Å². The molecule has 0 aliphatic heterocycles. The summed E-state index contributed by atoms with van der Waals surface area (Å²) < 4.78 is 4.58. The van der Waals surface area contributed by atoms with Crippen LogP contribution in [0.5, 0.6) is 0 Å². The molecule has 0 aliphatic carbocycles. The minimum atomic E-state index is -0.303. The SMILES string of the molecule is CCCn1c(=O)c2c([nH]n3ccnc23)n(Cc2ccccc2)c1=O. The van der Waals surface area contributed by atoms with E-state index in [0.717, 1.165) is 5.56 Å². The number of H-pyrrole nitrogens is 1. The zero-order valence-corrected chi connectivity index (χ0v) is 13.3. The van der Waals surface area contributed by atoms with E-state index in [2.05, 4.69) is 10.1 Å². The smallest absolute Gasteiger partial charge is 0.277 e. The van der Waals surface area contributed by atoms with Gasteiger partial charge >= 0.3 is 5.69 Å². The molecule has 0 atom stereocenters. The van der Waals surface area contributed by atoms with Crippen molar-refractivity contribution in [3.05, 3.63) is 69.1 Å². The fraction of sp³-hybridized carbons (Fsp3) is 0.235. The Hall–Kier alpha value is -3.09. The molecule has 0 aliphatic rings. The third-order valence-electron chi connectivity index (χ3n) is 4.15. The Labute approximate surface area is 136 Å². The summed E-state index contributed by atoms with van der Waals surface area (Å²) in [5.41, 5.74) is 1.45. The highest BCUT2D eigenvalue weighted by Crippen LogP contribution is 2.14. The predicted octanol–water partition coefficient (Wildman–Crippen LogP) is 1.60. The molecule has 4 rings (SSSR count). The molecule has 3 heterocycles. The number of imidazole rings is 1. The van der Waals surface area contributed by atoms with Gasteiger partial charge in [-0.3, -0.25) is 19.0 Å². The molecule has 0 amide bonds. The first kappa shape index (κ1) is 14.5. The fourth-order valence-electron chi connectivity index (χ4n) is 3.04. The predicted molar refractivity (Wildman–Crippen MR) is 91.4 cm³/mol. The van der Waals surface area contributed by atoms with Gasteiger partial charge < -0.3 is 0 Å². The van der Waals surface area contributed by atoms with Crippen LogP contribution in [0.25, 0.3) is 16.7 Å². The molecule has 0 spiro atoms. The maximum Gasteiger partial charge on any atom is 0.332 e. The number of fused-ring (bicyclic) bond motifs is 3. The van der Waals surface area contributed by atoms with Crippen LogP contribution < -0.4 is 11.2 Å². The molecule has 7 heteroatoms. The molecule has 0 radical (unpaired) electrons. The van der Waals surface area contributed by atoms with Crippen LogP contribution in [0.1, 0.15) is 18.9 Å². The minimum absolute atomic E-state index is 0.293. The fourth-order valence-corrected chi connectivity index (χ4v) is 3.04. The van der Waals surface area contributed by atoms with Crippen molar-refractivity contribution in [1.29, 1.82) is 0 Å². The molecule has 0 bridgehead atoms. The van der Waals surface area contributed by atoms with Gasteiger partial charge in [0.1, 0.15) is 11.0 Å². The first-order chi connectivity index (χ1) is 11.7. The number of aromatic nitrogens is 5. The van der Waals surface area contributed by atoms with Gasteiger partial charge in [-0.1, -0.05) is 37.3 Å². The molecule has 0 fully saturated rings. The number of hydrogen-bond donors (Lipinski definition) is 1. The monoisotopic (exact) mass is 323 g/mol. The normalized spacial score (nSPS) is 11.5. The van der Waals surface area contributed by atoms with Gasteiger partial charge in [0.15, 0.2) is 5.65 Å². The summed E-state index contributed by atoms with van der Waals surface area (Å²) in [5, 5.41) is 3.55. The second-order valence-electron chi connectivity index (χ2n) is 5.77. The highest BCUT2D eigenvalue weighted by Gasteiger charge is 2.18. The quantitative estimate of drug-likeness (QED) is 0.620. The Morgan fingerprint density at radius 2 is 1.92 bits per heavy atom. The average Bonchev–Trinajstić information content (AvgIpc) is 3.17. The van der Waals surface area contributed by atoms with Crippen molar-refractivity contribution in [2.45, 2.75) is 26.4 Å². The number of rotatable bonds is 4. The molecule has 0 saturated carbocycles. The second-order valence-corrected chi connectivity index (χ2v) is 5.77. The average molecular weight is 323 g/mol. The summed E-state index contributed by atoms with van der Waals surface area (Å²) in [5.74, 6) is 0. The van der Waals surface area contributed by atoms with Gasteiger partial charge in [-0.05, 0) is 12.0 Å². The van der Waals surface area contributed by atoms with Crippen LogP contribution in [0, 0.1) is 0 Å². The Kier molecular flexibility index (Phi) is 3.34. The van der Waals surface area contributed by atoms with Crippen LogP contribution in [0.3, 0.4) is 0 Å². The minimum Gasteiger partial charge on any atom is -0.277 e. The van der Waals surface area contributed by atoms with Crippen LogP contribution in [-0.2, 0) is 13.1 Å². The van der Waals surface area contributed by atoms with E-state index in [1.807, 2.05) is 37.3 Å². The number of benzene rings is 1. The van der Waals surface area contributed by atoms with Crippen LogP contribution in [0.2, 0.25) is 0 Å². The van der Waals surface area contributed by atoms with Crippen molar-refractivity contribution in [3.8, 4) is 0 Å². The highest BCUT2D eigenvalue weighted by molar-refractivity contribution is 5.89. The van der Waals surface area contributed by atoms with Crippen molar-refractivity contribution in [1.82, 2.24) is 23.7 Å². The van der Waals surface area contributed by atoms with Crippen molar-refractivity contribution in [2.24, 2.45) is 0 Å². The summed E-state index contributed by atoms with van der Waals surface area (Å²) in [6.07, 6.45) is 4.07. The van der Waals surface area contributed by atoms with Crippen molar-refractivity contribution in [2.75, 3.05) is 0 Å². The largest absolute Gasteiger partial charge is 0.332 e. The number of aromatic amines is 1. The van der Waals surface area contributed by atoms with Crippen LogP contribution in [0.15, 0.2) is 52.3 Å². The molecule has 24 heavy (non-hydrogen) atoms. The standard InChI is InChI=1S/C17H17N5O2/c1-2-9-20-16(23)13-14-18-8-10-22(14)19-15(13)21(17(20)24)11-12-6-4-3-5-7-12/h3-8,10,19H,2,9,11H2,1H3. The van der Waals surface area contributed by atoms with E-state index in [-0.39, 0.29) is 11.2 Å². The molecule has 122 valence electrons. The van der Waals surface area contributed by atoms with Gasteiger partial charge in [0.05, 0.1) is 6.54 Å². The van der Waals surface area contributed by atoms with Gasteiger partial charge in [-0.25, -0.2) is 14.3 Å². The first-order valence-electron chi connectivity index (χ1n) is 7.93. The zero-order valence-electron chi connectivity index (χ0n) is 13.3. The van der Waals surface area contributed by atoms with E-state index in [0.29, 0.717) is 36.2 Å². The van der Waals surface area contributed by atoms with Crippen molar-refractivity contribution in [3.63, 3.8) is 0 Å². The molecule has 1 aromatic carbocycles. The molecular weight excluding hydrogens is 306 g/mol. The Morgan fingerprint density at radius 1 is 1.12 bits per heavy atom. The van der Waals surface area contributed by atoms with E-state index in [1.165, 1.54) is 4.57 Å². The summed E-state index contributed by atoms with van der Waals surface area (Å²) in [4.78, 5) is 29.9. The van der Waals surface area contributed by atoms with Crippen LogP contribution in [0.4, 0.5) is 0 Å². The van der Waals surface area contributed by atoms with Crippen molar-refractivity contribution < 1.29 is 0 Å². The van der Waals surface area contributed by atoms with Gasteiger partial charge in [-0.2, -0.15) is 0 Å². The van der Waals surface area contributed by atoms with Gasteiger partial charge in [0.2, 0.25) is 0 Å². The first-order valence-corrected chi connectivity index (χ1v) is 7.93. The lowest BCUT2D eigenvalue weighted by Gasteiger charge is -2.11. The summed E-state index contributed by atoms with van der Waals surface area (Å²) in [7, 11) is 0. The molecule has 4 aromatic rings. The van der Waals surface area contributed by atoms with Crippen LogP contribution >= 0.6 is 0 Å². The molecule has 0 unspecified atom stereocenters. The topological polar surface area (TPSA) is 77.1 Å². The van der Waals surface area contributed by atoms with Gasteiger partial charge in [-0.15, -0.1) is 0 Å². The lowest BCUT2D eigenvalue weighted by molar-refractivity contribution is 0.579. The summed E-state index contributed by atoms with van der Waals surface area (Å²) in [6, 6.07) is 9.72. The Balaban J connectivity index is 2.07. The van der Waals surface area contributed by atoms with Gasteiger partial charge in [0.25, 0.3) is 5.56 Å². The highest BCUT2D eigenvalue weighted by atomic mass is 16.2. The third-order valence-corrected chi connectivity index (χ3v) is 4.15. The number of nitrogens with zero attached hydrogens (tertiary/aromatic N) is 4. The second kappa shape index (κ2) is 5.52. The van der Waals surface area contributed by atoms with E-state index in [9.17, 15) is 9.59 Å². The summed E-state index contributed by atoms with van der Waals surface area (Å²) in [6.45, 7) is 2.73. The number of hydrogen-bond acceptors (Lipinski definition) is 3. The zero-order chi connectivity index (χ0) is 16.7. The molecule has 0 saturated heterocycles. The molecule has 1 N–H and O–H groups in total. The van der Waals surface area contributed by atoms with E-state index in [1.54, 1.807) is 21.5 Å². The lowest BCUT2D eigenvalue weighted by atomic mass is 10.2. The van der Waals surface area contributed by atoms with Crippen molar-refractivity contribution >= 4 is 16.7 Å². The van der Waals surface area contributed by atoms with E-state index < -0.39 is 0 Å². The van der Waals surface area contributed by atoms with E-state index >= 15 is 0 Å². The lowest BCUT2D eigenvalue weighted by Crippen LogP contribution is -2.40. The Bertz CT molecular complexity index is 1130. The Morgan fingerprint density at radius 3 is 2.67 bits per heavy atom.